The lowest BCUT2D eigenvalue weighted by molar-refractivity contribution is -0.116. The van der Waals surface area contributed by atoms with Crippen molar-refractivity contribution in [1.82, 2.24) is 9.78 Å². The zero-order chi connectivity index (χ0) is 13.1. The van der Waals surface area contributed by atoms with Crippen LogP contribution < -0.4 is 11.1 Å². The summed E-state index contributed by atoms with van der Waals surface area (Å²) in [5, 5.41) is 7.28. The lowest BCUT2D eigenvalue weighted by Gasteiger charge is -2.07. The molecule has 0 spiro atoms. The van der Waals surface area contributed by atoms with Gasteiger partial charge in [0.1, 0.15) is 6.54 Å². The molecule has 18 heavy (non-hydrogen) atoms. The third kappa shape index (κ3) is 3.24. The van der Waals surface area contributed by atoms with Gasteiger partial charge in [-0.05, 0) is 34.1 Å². The van der Waals surface area contributed by atoms with E-state index < -0.39 is 0 Å². The van der Waals surface area contributed by atoms with Crippen molar-refractivity contribution in [3.8, 4) is 0 Å². The highest BCUT2D eigenvalue weighted by Crippen LogP contribution is 2.25. The number of carbonyl (C=O) groups excluding carboxylic acids is 1. The second kappa shape index (κ2) is 5.41. The van der Waals surface area contributed by atoms with Crippen LogP contribution in [-0.4, -0.2) is 15.7 Å². The van der Waals surface area contributed by atoms with Crippen LogP contribution in [0.1, 0.15) is 0 Å². The molecule has 1 heterocycles. The standard InChI is InChI=1S/C11H10BrClN4O/c12-9-3-7(13)1-2-10(9)16-11(18)6-17-5-8(14)4-15-17/h1-5H,6,14H2,(H,16,18). The van der Waals surface area contributed by atoms with Gasteiger partial charge in [0.2, 0.25) is 5.91 Å². The number of amides is 1. The van der Waals surface area contributed by atoms with E-state index in [4.69, 9.17) is 17.3 Å². The third-order valence-corrected chi connectivity index (χ3v) is 3.06. The molecular weight excluding hydrogens is 320 g/mol. The predicted octanol–water partition coefficient (Wildman–Crippen LogP) is 2.52. The van der Waals surface area contributed by atoms with E-state index in [0.717, 1.165) is 4.47 Å². The zero-order valence-electron chi connectivity index (χ0n) is 9.23. The van der Waals surface area contributed by atoms with Crippen molar-refractivity contribution in [2.45, 2.75) is 6.54 Å². The van der Waals surface area contributed by atoms with Crippen LogP contribution in [0, 0.1) is 0 Å². The molecule has 5 nitrogen and oxygen atoms in total. The Morgan fingerprint density at radius 2 is 2.33 bits per heavy atom. The summed E-state index contributed by atoms with van der Waals surface area (Å²) in [6.45, 7) is 0.103. The van der Waals surface area contributed by atoms with Gasteiger partial charge >= 0.3 is 0 Å². The van der Waals surface area contributed by atoms with Crippen molar-refractivity contribution in [1.29, 1.82) is 0 Å². The molecule has 0 aliphatic carbocycles. The molecule has 0 bridgehead atoms. The number of nitrogens with zero attached hydrogens (tertiary/aromatic N) is 2. The summed E-state index contributed by atoms with van der Waals surface area (Å²) in [5.41, 5.74) is 6.69. The first kappa shape index (κ1) is 12.9. The first-order valence-electron chi connectivity index (χ1n) is 5.07. The van der Waals surface area contributed by atoms with Gasteiger partial charge in [0.15, 0.2) is 0 Å². The summed E-state index contributed by atoms with van der Waals surface area (Å²) in [6.07, 6.45) is 3.09. The van der Waals surface area contributed by atoms with Crippen molar-refractivity contribution in [3.05, 3.63) is 40.1 Å². The lowest BCUT2D eigenvalue weighted by Crippen LogP contribution is -2.19. The SMILES string of the molecule is Nc1cnn(CC(=O)Nc2ccc(Cl)cc2Br)c1. The quantitative estimate of drug-likeness (QED) is 0.909. The lowest BCUT2D eigenvalue weighted by atomic mass is 10.3. The van der Waals surface area contributed by atoms with E-state index in [1.54, 1.807) is 24.4 Å². The number of aromatic nitrogens is 2. The Bertz CT molecular complexity index is 584. The van der Waals surface area contributed by atoms with Crippen LogP contribution in [0.25, 0.3) is 0 Å². The minimum Gasteiger partial charge on any atom is -0.396 e. The molecule has 2 rings (SSSR count). The van der Waals surface area contributed by atoms with Crippen LogP contribution in [-0.2, 0) is 11.3 Å². The molecule has 0 fully saturated rings. The Kier molecular flexibility index (Phi) is 3.88. The Balaban J connectivity index is 2.03. The molecule has 1 aromatic heterocycles. The van der Waals surface area contributed by atoms with Crippen LogP contribution in [0.4, 0.5) is 11.4 Å². The van der Waals surface area contributed by atoms with E-state index in [9.17, 15) is 4.79 Å². The molecule has 7 heteroatoms. The van der Waals surface area contributed by atoms with Crippen molar-refractivity contribution < 1.29 is 4.79 Å². The Morgan fingerprint density at radius 3 is 2.94 bits per heavy atom. The molecule has 1 amide bonds. The fourth-order valence-electron chi connectivity index (χ4n) is 1.39. The van der Waals surface area contributed by atoms with Crippen molar-refractivity contribution >= 4 is 44.8 Å². The predicted molar refractivity (Wildman–Crippen MR) is 74.4 cm³/mol. The summed E-state index contributed by atoms with van der Waals surface area (Å²) < 4.78 is 2.19. The van der Waals surface area contributed by atoms with E-state index in [1.165, 1.54) is 10.9 Å². The van der Waals surface area contributed by atoms with E-state index >= 15 is 0 Å². The maximum absolute atomic E-state index is 11.8. The van der Waals surface area contributed by atoms with Gasteiger partial charge in [-0.3, -0.25) is 9.48 Å². The van der Waals surface area contributed by atoms with E-state index in [2.05, 4.69) is 26.3 Å². The number of halogens is 2. The number of carbonyl (C=O) groups is 1. The number of hydrogen-bond acceptors (Lipinski definition) is 3. The van der Waals surface area contributed by atoms with Gasteiger partial charge in [0.05, 0.1) is 17.6 Å². The normalized spacial score (nSPS) is 10.3. The van der Waals surface area contributed by atoms with Gasteiger partial charge in [-0.25, -0.2) is 0 Å². The Morgan fingerprint density at radius 1 is 1.56 bits per heavy atom. The fraction of sp³-hybridized carbons (Fsp3) is 0.0909. The summed E-state index contributed by atoms with van der Waals surface area (Å²) in [5.74, 6) is -0.193. The van der Waals surface area contributed by atoms with Crippen LogP contribution in [0.2, 0.25) is 5.02 Å². The number of hydrogen-bond donors (Lipinski definition) is 2. The van der Waals surface area contributed by atoms with Crippen LogP contribution in [0.5, 0.6) is 0 Å². The topological polar surface area (TPSA) is 72.9 Å². The number of anilines is 2. The molecule has 2 aromatic rings. The highest BCUT2D eigenvalue weighted by Gasteiger charge is 2.07. The molecule has 0 radical (unpaired) electrons. The molecular formula is C11H10BrClN4O. The fourth-order valence-corrected chi connectivity index (χ4v) is 2.18. The zero-order valence-corrected chi connectivity index (χ0v) is 11.6. The van der Waals surface area contributed by atoms with Gasteiger partial charge in [0.25, 0.3) is 0 Å². The highest BCUT2D eigenvalue weighted by molar-refractivity contribution is 9.10. The average molecular weight is 330 g/mol. The Labute approximate surface area is 117 Å². The van der Waals surface area contributed by atoms with Gasteiger partial charge in [-0.2, -0.15) is 5.10 Å². The summed E-state index contributed by atoms with van der Waals surface area (Å²) in [7, 11) is 0. The summed E-state index contributed by atoms with van der Waals surface area (Å²) in [4.78, 5) is 11.8. The van der Waals surface area contributed by atoms with Crippen LogP contribution in [0.15, 0.2) is 35.1 Å². The number of nitrogens with two attached hydrogens (primary N) is 1. The molecule has 94 valence electrons. The van der Waals surface area contributed by atoms with Gasteiger partial charge < -0.3 is 11.1 Å². The van der Waals surface area contributed by atoms with Crippen molar-refractivity contribution in [2.75, 3.05) is 11.1 Å². The van der Waals surface area contributed by atoms with E-state index in [0.29, 0.717) is 16.4 Å². The van der Waals surface area contributed by atoms with E-state index in [-0.39, 0.29) is 12.5 Å². The molecule has 0 saturated carbocycles. The number of nitrogen functional groups attached to an aromatic ring is 1. The number of rotatable bonds is 3. The molecule has 1 aromatic carbocycles. The minimum absolute atomic E-state index is 0.103. The first-order chi connectivity index (χ1) is 8.54. The van der Waals surface area contributed by atoms with E-state index in [1.807, 2.05) is 0 Å². The second-order valence-corrected chi connectivity index (χ2v) is 4.93. The monoisotopic (exact) mass is 328 g/mol. The molecule has 0 aliphatic heterocycles. The maximum Gasteiger partial charge on any atom is 0.246 e. The molecule has 0 aliphatic rings. The van der Waals surface area contributed by atoms with Gasteiger partial charge in [-0.15, -0.1) is 0 Å². The smallest absolute Gasteiger partial charge is 0.246 e. The summed E-state index contributed by atoms with van der Waals surface area (Å²) in [6, 6.07) is 5.14. The molecule has 0 unspecified atom stereocenters. The van der Waals surface area contributed by atoms with Gasteiger partial charge in [0, 0.05) is 15.7 Å². The van der Waals surface area contributed by atoms with Crippen LogP contribution >= 0.6 is 27.5 Å². The molecule has 0 atom stereocenters. The number of nitrogens with one attached hydrogen (secondary N) is 1. The maximum atomic E-state index is 11.8. The first-order valence-corrected chi connectivity index (χ1v) is 6.24. The second-order valence-electron chi connectivity index (χ2n) is 3.64. The summed E-state index contributed by atoms with van der Waals surface area (Å²) >= 11 is 9.14. The minimum atomic E-state index is -0.193. The van der Waals surface area contributed by atoms with Crippen molar-refractivity contribution in [3.63, 3.8) is 0 Å². The average Bonchev–Trinajstić information content (AvgIpc) is 2.68. The number of benzene rings is 1. The highest BCUT2D eigenvalue weighted by atomic mass is 79.9. The molecule has 0 saturated heterocycles. The van der Waals surface area contributed by atoms with Gasteiger partial charge in [-0.1, -0.05) is 11.6 Å². The Hall–Kier alpha value is -1.53. The third-order valence-electron chi connectivity index (χ3n) is 2.16. The molecule has 3 N–H and O–H groups in total. The largest absolute Gasteiger partial charge is 0.396 e. The van der Waals surface area contributed by atoms with Crippen LogP contribution in [0.3, 0.4) is 0 Å². The van der Waals surface area contributed by atoms with Crippen molar-refractivity contribution in [2.24, 2.45) is 0 Å².